The molecule has 1 saturated heterocycles. The zero-order chi connectivity index (χ0) is 15.7. The van der Waals surface area contributed by atoms with Crippen LogP contribution in [-0.2, 0) is 9.53 Å². The number of carbonyl (C=O) groups excluding carboxylic acids is 1. The standard InChI is InChI=1S/C14H25N3O4/c1-12(2)11-21-10-4-15-14(20)17-8-6-16(7-9-17)5-3-13(18)19/h1,3-11H2,2H3,(H,15,20)(H,18,19). The first-order valence-electron chi connectivity index (χ1n) is 7.18. The van der Waals surface area contributed by atoms with E-state index in [0.29, 0.717) is 52.5 Å². The van der Waals surface area contributed by atoms with E-state index < -0.39 is 5.97 Å². The molecule has 0 unspecified atom stereocenters. The molecular weight excluding hydrogens is 274 g/mol. The van der Waals surface area contributed by atoms with Crippen LogP contribution in [0.4, 0.5) is 4.79 Å². The first-order valence-corrected chi connectivity index (χ1v) is 7.18. The van der Waals surface area contributed by atoms with E-state index in [1.54, 1.807) is 4.90 Å². The fourth-order valence-electron chi connectivity index (χ4n) is 2.02. The van der Waals surface area contributed by atoms with Gasteiger partial charge in [0.15, 0.2) is 0 Å². The number of carboxylic acids is 1. The first kappa shape index (κ1) is 17.5. The Bertz CT molecular complexity index is 365. The molecule has 1 aliphatic heterocycles. The van der Waals surface area contributed by atoms with E-state index in [-0.39, 0.29) is 12.5 Å². The average Bonchev–Trinajstić information content (AvgIpc) is 2.44. The van der Waals surface area contributed by atoms with Crippen LogP contribution in [0.25, 0.3) is 0 Å². The van der Waals surface area contributed by atoms with E-state index in [9.17, 15) is 9.59 Å². The van der Waals surface area contributed by atoms with Gasteiger partial charge in [0.25, 0.3) is 0 Å². The van der Waals surface area contributed by atoms with Gasteiger partial charge in [0.2, 0.25) is 0 Å². The number of hydrogen-bond donors (Lipinski definition) is 2. The lowest BCUT2D eigenvalue weighted by atomic mass is 10.3. The molecule has 0 atom stereocenters. The molecule has 0 aromatic carbocycles. The number of nitrogens with zero attached hydrogens (tertiary/aromatic N) is 2. The van der Waals surface area contributed by atoms with E-state index in [0.717, 1.165) is 5.57 Å². The van der Waals surface area contributed by atoms with Crippen LogP contribution in [-0.4, -0.2) is 79.4 Å². The van der Waals surface area contributed by atoms with Gasteiger partial charge in [-0.15, -0.1) is 0 Å². The van der Waals surface area contributed by atoms with E-state index in [1.807, 2.05) is 6.92 Å². The molecular formula is C14H25N3O4. The van der Waals surface area contributed by atoms with Crippen LogP contribution in [0.5, 0.6) is 0 Å². The van der Waals surface area contributed by atoms with Crippen molar-refractivity contribution in [3.05, 3.63) is 12.2 Å². The van der Waals surface area contributed by atoms with Crippen molar-refractivity contribution in [3.63, 3.8) is 0 Å². The van der Waals surface area contributed by atoms with Gasteiger partial charge in [0.1, 0.15) is 0 Å². The number of rotatable bonds is 8. The molecule has 0 aromatic heterocycles. The van der Waals surface area contributed by atoms with Gasteiger partial charge >= 0.3 is 12.0 Å². The number of ether oxygens (including phenoxy) is 1. The molecule has 1 aliphatic rings. The minimum atomic E-state index is -0.787. The molecule has 1 fully saturated rings. The summed E-state index contributed by atoms with van der Waals surface area (Å²) >= 11 is 0. The van der Waals surface area contributed by atoms with Gasteiger partial charge in [-0.05, 0) is 6.92 Å². The topological polar surface area (TPSA) is 82.1 Å². The summed E-state index contributed by atoms with van der Waals surface area (Å²) in [4.78, 5) is 26.2. The molecule has 7 nitrogen and oxygen atoms in total. The number of urea groups is 1. The monoisotopic (exact) mass is 299 g/mol. The van der Waals surface area contributed by atoms with Crippen molar-refractivity contribution in [3.8, 4) is 0 Å². The molecule has 1 rings (SSSR count). The summed E-state index contributed by atoms with van der Waals surface area (Å²) in [5, 5.41) is 11.5. The lowest BCUT2D eigenvalue weighted by molar-refractivity contribution is -0.137. The zero-order valence-corrected chi connectivity index (χ0v) is 12.6. The second-order valence-corrected chi connectivity index (χ2v) is 5.21. The second-order valence-electron chi connectivity index (χ2n) is 5.21. The summed E-state index contributed by atoms with van der Waals surface area (Å²) in [5.41, 5.74) is 0.957. The molecule has 1 heterocycles. The number of aliphatic carboxylic acids is 1. The highest BCUT2D eigenvalue weighted by Gasteiger charge is 2.20. The third-order valence-electron chi connectivity index (χ3n) is 3.17. The molecule has 21 heavy (non-hydrogen) atoms. The van der Waals surface area contributed by atoms with Crippen molar-refractivity contribution in [1.29, 1.82) is 0 Å². The van der Waals surface area contributed by atoms with Crippen molar-refractivity contribution in [1.82, 2.24) is 15.1 Å². The molecule has 2 amide bonds. The number of nitrogens with one attached hydrogen (secondary N) is 1. The second kappa shape index (κ2) is 9.36. The molecule has 0 aromatic rings. The molecule has 0 spiro atoms. The van der Waals surface area contributed by atoms with Crippen molar-refractivity contribution < 1.29 is 19.4 Å². The van der Waals surface area contributed by atoms with Gasteiger partial charge < -0.3 is 20.1 Å². The molecule has 0 bridgehead atoms. The summed E-state index contributed by atoms with van der Waals surface area (Å²) in [6, 6.07) is -0.0909. The average molecular weight is 299 g/mol. The van der Waals surface area contributed by atoms with Crippen molar-refractivity contribution in [2.45, 2.75) is 13.3 Å². The van der Waals surface area contributed by atoms with E-state index >= 15 is 0 Å². The van der Waals surface area contributed by atoms with Crippen LogP contribution in [0.3, 0.4) is 0 Å². The maximum absolute atomic E-state index is 11.9. The minimum Gasteiger partial charge on any atom is -0.481 e. The smallest absolute Gasteiger partial charge is 0.317 e. The Morgan fingerprint density at radius 3 is 2.52 bits per heavy atom. The minimum absolute atomic E-state index is 0.0909. The fraction of sp³-hybridized carbons (Fsp3) is 0.714. The quantitative estimate of drug-likeness (QED) is 0.500. The Hall–Kier alpha value is -1.60. The highest BCUT2D eigenvalue weighted by Crippen LogP contribution is 2.02. The van der Waals surface area contributed by atoms with Gasteiger partial charge in [-0.2, -0.15) is 0 Å². The molecule has 0 aliphatic carbocycles. The van der Waals surface area contributed by atoms with Crippen LogP contribution in [0, 0.1) is 0 Å². The van der Waals surface area contributed by atoms with Crippen LogP contribution >= 0.6 is 0 Å². The number of piperazine rings is 1. The number of carboxylic acid groups (broad SMARTS) is 1. The number of carbonyl (C=O) groups is 2. The number of amides is 2. The van der Waals surface area contributed by atoms with Crippen molar-refractivity contribution >= 4 is 12.0 Å². The molecule has 0 radical (unpaired) electrons. The van der Waals surface area contributed by atoms with Gasteiger partial charge in [0.05, 0.1) is 19.6 Å². The highest BCUT2D eigenvalue weighted by molar-refractivity contribution is 5.74. The highest BCUT2D eigenvalue weighted by atomic mass is 16.5. The molecule has 120 valence electrons. The van der Waals surface area contributed by atoms with Gasteiger partial charge in [-0.25, -0.2) is 4.79 Å². The van der Waals surface area contributed by atoms with Crippen molar-refractivity contribution in [2.75, 3.05) is 52.5 Å². The van der Waals surface area contributed by atoms with Gasteiger partial charge in [0, 0.05) is 39.3 Å². The number of hydrogen-bond acceptors (Lipinski definition) is 4. The predicted octanol–water partition coefficient (Wildman–Crippen LogP) is 0.381. The third-order valence-corrected chi connectivity index (χ3v) is 3.17. The third kappa shape index (κ3) is 7.67. The summed E-state index contributed by atoms with van der Waals surface area (Å²) < 4.78 is 5.31. The zero-order valence-electron chi connectivity index (χ0n) is 12.6. The Balaban J connectivity index is 2.11. The van der Waals surface area contributed by atoms with Crippen LogP contribution in [0.2, 0.25) is 0 Å². The first-order chi connectivity index (χ1) is 9.99. The Morgan fingerprint density at radius 1 is 1.29 bits per heavy atom. The van der Waals surface area contributed by atoms with Gasteiger partial charge in [-0.1, -0.05) is 12.2 Å². The van der Waals surface area contributed by atoms with E-state index in [4.69, 9.17) is 9.84 Å². The normalized spacial score (nSPS) is 15.8. The summed E-state index contributed by atoms with van der Waals surface area (Å²) in [6.07, 6.45) is 0.145. The summed E-state index contributed by atoms with van der Waals surface area (Å²) in [6.45, 7) is 10.3. The summed E-state index contributed by atoms with van der Waals surface area (Å²) in [5.74, 6) is -0.787. The van der Waals surface area contributed by atoms with Crippen LogP contribution in [0.1, 0.15) is 13.3 Å². The van der Waals surface area contributed by atoms with Crippen molar-refractivity contribution in [2.24, 2.45) is 0 Å². The lowest BCUT2D eigenvalue weighted by Crippen LogP contribution is -2.52. The Labute approximate surface area is 125 Å². The van der Waals surface area contributed by atoms with E-state index in [2.05, 4.69) is 16.8 Å². The Kier molecular flexibility index (Phi) is 7.78. The SMILES string of the molecule is C=C(C)COCCNC(=O)N1CCN(CCC(=O)O)CC1. The molecule has 0 saturated carbocycles. The molecule has 2 N–H and O–H groups in total. The van der Waals surface area contributed by atoms with E-state index in [1.165, 1.54) is 0 Å². The maximum atomic E-state index is 11.9. The fourth-order valence-corrected chi connectivity index (χ4v) is 2.02. The maximum Gasteiger partial charge on any atom is 0.317 e. The summed E-state index contributed by atoms with van der Waals surface area (Å²) in [7, 11) is 0. The van der Waals surface area contributed by atoms with Crippen LogP contribution in [0.15, 0.2) is 12.2 Å². The Morgan fingerprint density at radius 2 is 1.95 bits per heavy atom. The van der Waals surface area contributed by atoms with Gasteiger partial charge in [-0.3, -0.25) is 9.69 Å². The molecule has 7 heteroatoms. The lowest BCUT2D eigenvalue weighted by Gasteiger charge is -2.34. The predicted molar refractivity (Wildman–Crippen MR) is 79.3 cm³/mol. The largest absolute Gasteiger partial charge is 0.481 e. The van der Waals surface area contributed by atoms with Crippen LogP contribution < -0.4 is 5.32 Å².